The molecule has 2 aromatic heterocycles. The number of benzene rings is 1. The number of aromatic nitrogens is 2. The zero-order valence-corrected chi connectivity index (χ0v) is 11.8. The lowest BCUT2D eigenvalue weighted by Crippen LogP contribution is -1.96. The molecule has 0 saturated heterocycles. The Morgan fingerprint density at radius 1 is 1.10 bits per heavy atom. The first kappa shape index (κ1) is 12.7. The quantitative estimate of drug-likeness (QED) is 0.712. The van der Waals surface area contributed by atoms with Crippen molar-refractivity contribution >= 4 is 5.65 Å². The third kappa shape index (κ3) is 2.67. The average molecular weight is 266 g/mol. The molecule has 2 heterocycles. The highest BCUT2D eigenvalue weighted by molar-refractivity contribution is 5.39. The predicted molar refractivity (Wildman–Crippen MR) is 80.1 cm³/mol. The van der Waals surface area contributed by atoms with E-state index in [4.69, 9.17) is 4.74 Å². The Morgan fingerprint density at radius 3 is 2.60 bits per heavy atom. The van der Waals surface area contributed by atoms with Gasteiger partial charge in [-0.25, -0.2) is 4.98 Å². The molecule has 0 saturated carbocycles. The molecule has 1 aromatic carbocycles. The first-order valence-corrected chi connectivity index (χ1v) is 6.88. The molecule has 0 spiro atoms. The van der Waals surface area contributed by atoms with Gasteiger partial charge < -0.3 is 9.14 Å². The van der Waals surface area contributed by atoms with Crippen LogP contribution >= 0.6 is 0 Å². The predicted octanol–water partition coefficient (Wildman–Crippen LogP) is 4.04. The van der Waals surface area contributed by atoms with Crippen molar-refractivity contribution in [2.24, 2.45) is 0 Å². The van der Waals surface area contributed by atoms with Gasteiger partial charge in [-0.1, -0.05) is 32.0 Å². The minimum atomic E-state index is 0.489. The summed E-state index contributed by atoms with van der Waals surface area (Å²) in [7, 11) is 0. The number of ether oxygens (including phenoxy) is 1. The summed E-state index contributed by atoms with van der Waals surface area (Å²) in [4.78, 5) is 4.51. The Balaban J connectivity index is 1.69. The molecule has 0 atom stereocenters. The van der Waals surface area contributed by atoms with E-state index in [2.05, 4.69) is 31.0 Å². The van der Waals surface area contributed by atoms with Crippen LogP contribution in [-0.2, 0) is 6.61 Å². The molecule has 0 fully saturated rings. The van der Waals surface area contributed by atoms with E-state index in [0.29, 0.717) is 12.5 Å². The van der Waals surface area contributed by atoms with Gasteiger partial charge in [0.05, 0.1) is 5.69 Å². The standard InChI is InChI=1S/C17H18N2O/c1-13(2)14-6-8-16(9-7-14)20-12-15-11-19-10-4-3-5-17(19)18-15/h3-11,13H,12H2,1-2H3. The lowest BCUT2D eigenvalue weighted by molar-refractivity contribution is 0.302. The maximum absolute atomic E-state index is 5.78. The van der Waals surface area contributed by atoms with Crippen LogP contribution in [0.25, 0.3) is 5.65 Å². The number of hydrogen-bond donors (Lipinski definition) is 0. The number of pyridine rings is 1. The van der Waals surface area contributed by atoms with E-state index in [1.54, 1.807) is 0 Å². The van der Waals surface area contributed by atoms with Crippen LogP contribution in [0.15, 0.2) is 54.9 Å². The largest absolute Gasteiger partial charge is 0.487 e. The number of fused-ring (bicyclic) bond motifs is 1. The summed E-state index contributed by atoms with van der Waals surface area (Å²) < 4.78 is 7.78. The molecule has 3 nitrogen and oxygen atoms in total. The van der Waals surface area contributed by atoms with Crippen LogP contribution in [0, 0.1) is 0 Å². The van der Waals surface area contributed by atoms with E-state index in [-0.39, 0.29) is 0 Å². The van der Waals surface area contributed by atoms with Crippen molar-refractivity contribution in [3.05, 3.63) is 66.1 Å². The minimum absolute atomic E-state index is 0.489. The summed E-state index contributed by atoms with van der Waals surface area (Å²) in [5.41, 5.74) is 3.20. The Kier molecular flexibility index (Phi) is 3.42. The van der Waals surface area contributed by atoms with Crippen molar-refractivity contribution in [2.45, 2.75) is 26.4 Å². The number of imidazole rings is 1. The second kappa shape index (κ2) is 5.37. The second-order valence-electron chi connectivity index (χ2n) is 5.21. The van der Waals surface area contributed by atoms with E-state index in [0.717, 1.165) is 17.1 Å². The molecule has 3 aromatic rings. The van der Waals surface area contributed by atoms with Crippen LogP contribution in [0.4, 0.5) is 0 Å². The molecule has 0 bridgehead atoms. The van der Waals surface area contributed by atoms with Gasteiger partial charge in [-0.15, -0.1) is 0 Å². The molecule has 0 aliphatic carbocycles. The van der Waals surface area contributed by atoms with Crippen molar-refractivity contribution < 1.29 is 4.74 Å². The van der Waals surface area contributed by atoms with Crippen LogP contribution in [-0.4, -0.2) is 9.38 Å². The zero-order valence-electron chi connectivity index (χ0n) is 11.8. The van der Waals surface area contributed by atoms with Gasteiger partial charge in [0.2, 0.25) is 0 Å². The summed E-state index contributed by atoms with van der Waals surface area (Å²) in [5, 5.41) is 0. The Morgan fingerprint density at radius 2 is 1.90 bits per heavy atom. The molecule has 3 rings (SSSR count). The van der Waals surface area contributed by atoms with Crippen LogP contribution in [0.1, 0.15) is 31.0 Å². The van der Waals surface area contributed by atoms with Gasteiger partial charge in [0.15, 0.2) is 0 Å². The third-order valence-corrected chi connectivity index (χ3v) is 3.35. The van der Waals surface area contributed by atoms with Gasteiger partial charge in [0.1, 0.15) is 18.0 Å². The Bertz CT molecular complexity index is 665. The first-order chi connectivity index (χ1) is 9.72. The second-order valence-corrected chi connectivity index (χ2v) is 5.21. The molecular weight excluding hydrogens is 248 g/mol. The van der Waals surface area contributed by atoms with Crippen LogP contribution in [0.5, 0.6) is 5.75 Å². The van der Waals surface area contributed by atoms with Gasteiger partial charge in [-0.2, -0.15) is 0 Å². The molecular formula is C17H18N2O. The van der Waals surface area contributed by atoms with Crippen LogP contribution < -0.4 is 4.74 Å². The smallest absolute Gasteiger partial charge is 0.137 e. The van der Waals surface area contributed by atoms with Crippen molar-refractivity contribution in [1.82, 2.24) is 9.38 Å². The SMILES string of the molecule is CC(C)c1ccc(OCc2cn3ccccc3n2)cc1. The lowest BCUT2D eigenvalue weighted by atomic mass is 10.0. The van der Waals surface area contributed by atoms with Crippen molar-refractivity contribution in [3.63, 3.8) is 0 Å². The highest BCUT2D eigenvalue weighted by Gasteiger charge is 2.03. The van der Waals surface area contributed by atoms with Crippen molar-refractivity contribution in [3.8, 4) is 5.75 Å². The van der Waals surface area contributed by atoms with E-state index < -0.39 is 0 Å². The highest BCUT2D eigenvalue weighted by Crippen LogP contribution is 2.19. The molecule has 0 aliphatic rings. The summed E-state index contributed by atoms with van der Waals surface area (Å²) in [6.07, 6.45) is 3.99. The van der Waals surface area contributed by atoms with E-state index in [1.807, 2.05) is 47.1 Å². The van der Waals surface area contributed by atoms with Crippen LogP contribution in [0.2, 0.25) is 0 Å². The molecule has 0 amide bonds. The van der Waals surface area contributed by atoms with Gasteiger partial charge in [0, 0.05) is 12.4 Å². The van der Waals surface area contributed by atoms with Gasteiger partial charge in [-0.3, -0.25) is 0 Å². The monoisotopic (exact) mass is 266 g/mol. The summed E-state index contributed by atoms with van der Waals surface area (Å²) in [5.74, 6) is 1.42. The van der Waals surface area contributed by atoms with Gasteiger partial charge in [0.25, 0.3) is 0 Å². The summed E-state index contributed by atoms with van der Waals surface area (Å²) in [6, 6.07) is 14.2. The fraction of sp³-hybridized carbons (Fsp3) is 0.235. The first-order valence-electron chi connectivity index (χ1n) is 6.88. The Labute approximate surface area is 118 Å². The molecule has 0 N–H and O–H groups in total. The number of hydrogen-bond acceptors (Lipinski definition) is 2. The number of nitrogens with zero attached hydrogens (tertiary/aromatic N) is 2. The number of rotatable bonds is 4. The molecule has 20 heavy (non-hydrogen) atoms. The molecule has 0 aliphatic heterocycles. The average Bonchev–Trinajstić information content (AvgIpc) is 2.88. The van der Waals surface area contributed by atoms with Gasteiger partial charge >= 0.3 is 0 Å². The maximum Gasteiger partial charge on any atom is 0.137 e. The third-order valence-electron chi connectivity index (χ3n) is 3.35. The van der Waals surface area contributed by atoms with Crippen molar-refractivity contribution in [1.29, 1.82) is 0 Å². The molecule has 3 heteroatoms. The van der Waals surface area contributed by atoms with E-state index in [9.17, 15) is 0 Å². The lowest BCUT2D eigenvalue weighted by Gasteiger charge is -2.07. The molecule has 102 valence electrons. The highest BCUT2D eigenvalue weighted by atomic mass is 16.5. The van der Waals surface area contributed by atoms with Gasteiger partial charge in [-0.05, 0) is 35.7 Å². The summed E-state index contributed by atoms with van der Waals surface area (Å²) >= 11 is 0. The molecule has 0 unspecified atom stereocenters. The topological polar surface area (TPSA) is 26.5 Å². The summed E-state index contributed by atoms with van der Waals surface area (Å²) in [6.45, 7) is 4.86. The van der Waals surface area contributed by atoms with E-state index >= 15 is 0 Å². The van der Waals surface area contributed by atoms with E-state index in [1.165, 1.54) is 5.56 Å². The Hall–Kier alpha value is -2.29. The maximum atomic E-state index is 5.78. The minimum Gasteiger partial charge on any atom is -0.487 e. The fourth-order valence-electron chi connectivity index (χ4n) is 2.16. The fourth-order valence-corrected chi connectivity index (χ4v) is 2.16. The van der Waals surface area contributed by atoms with Crippen LogP contribution in [0.3, 0.4) is 0 Å². The zero-order chi connectivity index (χ0) is 13.9. The molecule has 0 radical (unpaired) electrons. The normalized spacial score (nSPS) is 11.2. The van der Waals surface area contributed by atoms with Crippen molar-refractivity contribution in [2.75, 3.05) is 0 Å².